The Hall–Kier alpha value is -1.74. The molecule has 0 aromatic heterocycles. The van der Waals surface area contributed by atoms with Gasteiger partial charge in [-0.25, -0.2) is 4.39 Å². The van der Waals surface area contributed by atoms with E-state index in [9.17, 15) is 4.39 Å². The first-order valence-electron chi connectivity index (χ1n) is 6.21. The summed E-state index contributed by atoms with van der Waals surface area (Å²) in [5.74, 6) is -0.259. The van der Waals surface area contributed by atoms with Crippen LogP contribution in [0.1, 0.15) is 11.1 Å². The summed E-state index contributed by atoms with van der Waals surface area (Å²) in [7, 11) is 0. The highest BCUT2D eigenvalue weighted by Crippen LogP contribution is 2.32. The Bertz CT molecular complexity index is 607. The van der Waals surface area contributed by atoms with Gasteiger partial charge in [0.2, 0.25) is 0 Å². The summed E-state index contributed by atoms with van der Waals surface area (Å²) in [5, 5.41) is 0.470. The molecule has 0 atom stereocenters. The highest BCUT2D eigenvalue weighted by molar-refractivity contribution is 6.31. The minimum Gasteiger partial charge on any atom is -0.399 e. The molecule has 3 rings (SSSR count). The highest BCUT2D eigenvalue weighted by atomic mass is 35.5. The summed E-state index contributed by atoms with van der Waals surface area (Å²) >= 11 is 6.07. The van der Waals surface area contributed by atoms with Gasteiger partial charge in [-0.15, -0.1) is 0 Å². The van der Waals surface area contributed by atoms with E-state index in [2.05, 4.69) is 4.90 Å². The molecule has 0 radical (unpaired) electrons. The van der Waals surface area contributed by atoms with Crippen molar-refractivity contribution < 1.29 is 4.39 Å². The lowest BCUT2D eigenvalue weighted by Crippen LogP contribution is -2.20. The Morgan fingerprint density at radius 3 is 2.89 bits per heavy atom. The molecule has 0 saturated heterocycles. The largest absolute Gasteiger partial charge is 0.399 e. The highest BCUT2D eigenvalue weighted by Gasteiger charge is 2.21. The van der Waals surface area contributed by atoms with Crippen LogP contribution >= 0.6 is 11.6 Å². The van der Waals surface area contributed by atoms with Gasteiger partial charge in [0.25, 0.3) is 0 Å². The topological polar surface area (TPSA) is 29.3 Å². The molecule has 0 bridgehead atoms. The standard InChI is InChI=1S/C15H14ClFN2/c16-13-2-1-3-14(17)12(13)9-19-7-6-10-4-5-11(18)8-15(10)19/h1-5,8H,6-7,9,18H2. The number of hydrogen-bond donors (Lipinski definition) is 1. The molecule has 0 unspecified atom stereocenters. The maximum Gasteiger partial charge on any atom is 0.129 e. The lowest BCUT2D eigenvalue weighted by Gasteiger charge is -2.20. The maximum absolute atomic E-state index is 13.8. The fraction of sp³-hybridized carbons (Fsp3) is 0.200. The predicted molar refractivity (Wildman–Crippen MR) is 77.0 cm³/mol. The minimum absolute atomic E-state index is 0.259. The van der Waals surface area contributed by atoms with Crippen molar-refractivity contribution in [2.75, 3.05) is 17.2 Å². The van der Waals surface area contributed by atoms with Crippen LogP contribution in [0.25, 0.3) is 0 Å². The van der Waals surface area contributed by atoms with Crippen molar-refractivity contribution in [2.45, 2.75) is 13.0 Å². The van der Waals surface area contributed by atoms with E-state index in [0.717, 1.165) is 24.3 Å². The first-order chi connectivity index (χ1) is 9.15. The molecule has 1 aliphatic heterocycles. The van der Waals surface area contributed by atoms with E-state index in [1.54, 1.807) is 12.1 Å². The summed E-state index contributed by atoms with van der Waals surface area (Å²) in [6, 6.07) is 10.7. The molecule has 4 heteroatoms. The van der Waals surface area contributed by atoms with E-state index in [4.69, 9.17) is 17.3 Å². The second-order valence-electron chi connectivity index (χ2n) is 4.76. The zero-order valence-electron chi connectivity index (χ0n) is 10.4. The first-order valence-corrected chi connectivity index (χ1v) is 6.59. The zero-order chi connectivity index (χ0) is 13.4. The fourth-order valence-electron chi connectivity index (χ4n) is 2.50. The van der Waals surface area contributed by atoms with Gasteiger partial charge in [0.15, 0.2) is 0 Å². The van der Waals surface area contributed by atoms with Crippen LogP contribution in [0.15, 0.2) is 36.4 Å². The van der Waals surface area contributed by atoms with Gasteiger partial charge in [0, 0.05) is 35.1 Å². The number of anilines is 2. The Balaban J connectivity index is 1.93. The van der Waals surface area contributed by atoms with E-state index in [1.165, 1.54) is 11.6 Å². The summed E-state index contributed by atoms with van der Waals surface area (Å²) < 4.78 is 13.8. The number of nitrogen functional groups attached to an aromatic ring is 1. The molecule has 98 valence electrons. The Morgan fingerprint density at radius 2 is 2.11 bits per heavy atom. The average Bonchev–Trinajstić information content (AvgIpc) is 2.76. The van der Waals surface area contributed by atoms with Crippen molar-refractivity contribution in [2.24, 2.45) is 0 Å². The van der Waals surface area contributed by atoms with Crippen LogP contribution in [0.3, 0.4) is 0 Å². The van der Waals surface area contributed by atoms with Crippen LogP contribution in [0.2, 0.25) is 5.02 Å². The van der Waals surface area contributed by atoms with Crippen molar-refractivity contribution in [3.05, 3.63) is 58.4 Å². The van der Waals surface area contributed by atoms with Crippen molar-refractivity contribution in [1.29, 1.82) is 0 Å². The van der Waals surface area contributed by atoms with Crippen LogP contribution in [-0.4, -0.2) is 6.54 Å². The van der Waals surface area contributed by atoms with Crippen molar-refractivity contribution in [1.82, 2.24) is 0 Å². The summed E-state index contributed by atoms with van der Waals surface area (Å²) in [5.41, 5.74) is 9.42. The Labute approximate surface area is 116 Å². The molecule has 2 aromatic rings. The van der Waals surface area contributed by atoms with Gasteiger partial charge < -0.3 is 10.6 Å². The SMILES string of the molecule is Nc1ccc2c(c1)N(Cc1c(F)cccc1Cl)CC2. The molecule has 2 nitrogen and oxygen atoms in total. The van der Waals surface area contributed by atoms with Crippen LogP contribution in [0.5, 0.6) is 0 Å². The molecule has 0 amide bonds. The second-order valence-corrected chi connectivity index (χ2v) is 5.17. The first kappa shape index (κ1) is 12.3. The lowest BCUT2D eigenvalue weighted by molar-refractivity contribution is 0.606. The van der Waals surface area contributed by atoms with Gasteiger partial charge in [-0.2, -0.15) is 0 Å². The van der Waals surface area contributed by atoms with Gasteiger partial charge >= 0.3 is 0 Å². The van der Waals surface area contributed by atoms with Crippen molar-refractivity contribution in [3.8, 4) is 0 Å². The molecule has 1 aliphatic rings. The van der Waals surface area contributed by atoms with E-state index in [-0.39, 0.29) is 5.82 Å². The minimum atomic E-state index is -0.259. The molecule has 0 fully saturated rings. The third-order valence-corrected chi connectivity index (χ3v) is 3.87. The molecule has 1 heterocycles. The number of halogens is 2. The van der Waals surface area contributed by atoms with E-state index >= 15 is 0 Å². The average molecular weight is 277 g/mol. The molecule has 0 aliphatic carbocycles. The monoisotopic (exact) mass is 276 g/mol. The molecule has 0 saturated carbocycles. The third kappa shape index (κ3) is 2.26. The number of nitrogens with zero attached hydrogens (tertiary/aromatic N) is 1. The van der Waals surface area contributed by atoms with Gasteiger partial charge in [-0.05, 0) is 36.2 Å². The molecule has 19 heavy (non-hydrogen) atoms. The summed E-state index contributed by atoms with van der Waals surface area (Å²) in [6.45, 7) is 1.34. The Morgan fingerprint density at radius 1 is 1.26 bits per heavy atom. The molecular weight excluding hydrogens is 263 g/mol. The van der Waals surface area contributed by atoms with Crippen molar-refractivity contribution >= 4 is 23.0 Å². The number of nitrogens with two attached hydrogens (primary N) is 1. The zero-order valence-corrected chi connectivity index (χ0v) is 11.1. The van der Waals surface area contributed by atoms with Crippen LogP contribution in [0, 0.1) is 5.82 Å². The molecule has 2 N–H and O–H groups in total. The quantitative estimate of drug-likeness (QED) is 0.849. The number of hydrogen-bond acceptors (Lipinski definition) is 2. The smallest absolute Gasteiger partial charge is 0.129 e. The number of rotatable bonds is 2. The number of benzene rings is 2. The van der Waals surface area contributed by atoms with Crippen LogP contribution in [0.4, 0.5) is 15.8 Å². The lowest BCUT2D eigenvalue weighted by atomic mass is 10.1. The van der Waals surface area contributed by atoms with Crippen LogP contribution < -0.4 is 10.6 Å². The number of fused-ring (bicyclic) bond motifs is 1. The van der Waals surface area contributed by atoms with Crippen LogP contribution in [-0.2, 0) is 13.0 Å². The van der Waals surface area contributed by atoms with Gasteiger partial charge in [-0.1, -0.05) is 23.7 Å². The van der Waals surface area contributed by atoms with Gasteiger partial charge in [0.05, 0.1) is 0 Å². The molecule has 0 spiro atoms. The predicted octanol–water partition coefficient (Wildman–Crippen LogP) is 3.62. The van der Waals surface area contributed by atoms with E-state index in [1.807, 2.05) is 18.2 Å². The summed E-state index contributed by atoms with van der Waals surface area (Å²) in [4.78, 5) is 2.12. The Kier molecular flexibility index (Phi) is 3.07. The van der Waals surface area contributed by atoms with Gasteiger partial charge in [-0.3, -0.25) is 0 Å². The summed E-state index contributed by atoms with van der Waals surface area (Å²) in [6.07, 6.45) is 0.960. The molecular formula is C15H14ClFN2. The van der Waals surface area contributed by atoms with Gasteiger partial charge in [0.1, 0.15) is 5.82 Å². The normalized spacial score (nSPS) is 13.7. The van der Waals surface area contributed by atoms with E-state index < -0.39 is 0 Å². The second kappa shape index (κ2) is 4.74. The fourth-order valence-corrected chi connectivity index (χ4v) is 2.72. The van der Waals surface area contributed by atoms with Crippen molar-refractivity contribution in [3.63, 3.8) is 0 Å². The van der Waals surface area contributed by atoms with E-state index in [0.29, 0.717) is 17.1 Å². The maximum atomic E-state index is 13.8. The molecule has 2 aromatic carbocycles. The third-order valence-electron chi connectivity index (χ3n) is 3.51.